The summed E-state index contributed by atoms with van der Waals surface area (Å²) in [4.78, 5) is 49.0. The third-order valence-electron chi connectivity index (χ3n) is 4.87. The smallest absolute Gasteiger partial charge is 0.337 e. The van der Waals surface area contributed by atoms with Gasteiger partial charge in [-0.25, -0.2) is 4.79 Å². The van der Waals surface area contributed by atoms with Gasteiger partial charge in [-0.05, 0) is 24.1 Å². The van der Waals surface area contributed by atoms with Crippen LogP contribution in [-0.4, -0.2) is 50.3 Å². The number of hydrogen-bond donors (Lipinski definition) is 2. The summed E-state index contributed by atoms with van der Waals surface area (Å²) in [6.45, 7) is 2.56. The second-order valence-electron chi connectivity index (χ2n) is 6.93. The van der Waals surface area contributed by atoms with E-state index < -0.39 is 29.7 Å². The Morgan fingerprint density at radius 3 is 2.44 bits per heavy atom. The molecule has 1 aliphatic heterocycles. The van der Waals surface area contributed by atoms with Gasteiger partial charge in [0.25, 0.3) is 0 Å². The van der Waals surface area contributed by atoms with Crippen LogP contribution in [0.1, 0.15) is 41.6 Å². The van der Waals surface area contributed by atoms with Gasteiger partial charge in [-0.1, -0.05) is 37.2 Å². The lowest BCUT2D eigenvalue weighted by Crippen LogP contribution is -2.44. The molecule has 1 aromatic carbocycles. The van der Waals surface area contributed by atoms with Crippen molar-refractivity contribution in [1.29, 1.82) is 5.26 Å². The molecule has 2 amide bonds. The third kappa shape index (κ3) is 5.88. The van der Waals surface area contributed by atoms with Crippen molar-refractivity contribution in [3.05, 3.63) is 46.0 Å². The number of hydrogen-bond acceptors (Lipinski definition) is 8. The fraction of sp³-hybridized carbons (Fsp3) is 0.409. The molecule has 0 radical (unpaired) electrons. The van der Waals surface area contributed by atoms with E-state index in [0.717, 1.165) is 31.7 Å². The van der Waals surface area contributed by atoms with Crippen molar-refractivity contribution in [2.45, 2.75) is 25.7 Å². The SMILES string of the molecule is CCCCNC(=O)CSC1=C(C#N)[C@H](c2ccc(C(=O)OC)cc2)[C@@H](C(=O)OC)C(=O)N1. The lowest BCUT2D eigenvalue weighted by Gasteiger charge is -2.31. The van der Waals surface area contributed by atoms with E-state index in [4.69, 9.17) is 4.74 Å². The molecule has 1 aromatic rings. The number of allylic oxidation sites excluding steroid dienone is 1. The van der Waals surface area contributed by atoms with Crippen molar-refractivity contribution in [3.63, 3.8) is 0 Å². The molecule has 0 saturated carbocycles. The largest absolute Gasteiger partial charge is 0.468 e. The van der Waals surface area contributed by atoms with Crippen molar-refractivity contribution in [3.8, 4) is 6.07 Å². The van der Waals surface area contributed by atoms with E-state index in [0.29, 0.717) is 12.1 Å². The van der Waals surface area contributed by atoms with Gasteiger partial charge in [-0.15, -0.1) is 0 Å². The number of nitriles is 1. The molecule has 9 nitrogen and oxygen atoms in total. The minimum atomic E-state index is -1.29. The highest BCUT2D eigenvalue weighted by Gasteiger charge is 2.44. The minimum absolute atomic E-state index is 0.00139. The Labute approximate surface area is 190 Å². The van der Waals surface area contributed by atoms with Crippen molar-refractivity contribution in [1.82, 2.24) is 10.6 Å². The van der Waals surface area contributed by atoms with Gasteiger partial charge in [0.05, 0.1) is 42.2 Å². The molecule has 1 aliphatic rings. The number of rotatable bonds is 9. The molecule has 0 saturated heterocycles. The highest BCUT2D eigenvalue weighted by Crippen LogP contribution is 2.40. The maximum atomic E-state index is 12.8. The van der Waals surface area contributed by atoms with Crippen LogP contribution in [0.15, 0.2) is 34.9 Å². The topological polar surface area (TPSA) is 135 Å². The molecule has 0 bridgehead atoms. The van der Waals surface area contributed by atoms with Crippen LogP contribution in [-0.2, 0) is 23.9 Å². The maximum Gasteiger partial charge on any atom is 0.337 e. The van der Waals surface area contributed by atoms with Gasteiger partial charge in [-0.2, -0.15) is 5.26 Å². The number of esters is 2. The highest BCUT2D eigenvalue weighted by atomic mass is 32.2. The first-order valence-corrected chi connectivity index (χ1v) is 11.0. The monoisotopic (exact) mass is 459 g/mol. The number of nitrogens with one attached hydrogen (secondary N) is 2. The summed E-state index contributed by atoms with van der Waals surface area (Å²) < 4.78 is 9.48. The lowest BCUT2D eigenvalue weighted by atomic mass is 9.78. The van der Waals surface area contributed by atoms with Crippen LogP contribution in [0.25, 0.3) is 0 Å². The molecule has 2 rings (SSSR count). The summed E-state index contributed by atoms with van der Waals surface area (Å²) in [7, 11) is 2.42. The summed E-state index contributed by atoms with van der Waals surface area (Å²) in [6, 6.07) is 8.17. The Morgan fingerprint density at radius 1 is 1.19 bits per heavy atom. The number of nitrogens with zero attached hydrogens (tertiary/aromatic N) is 1. The Bertz CT molecular complexity index is 951. The van der Waals surface area contributed by atoms with E-state index in [1.807, 2.05) is 6.92 Å². The van der Waals surface area contributed by atoms with E-state index in [-0.39, 0.29) is 27.8 Å². The van der Waals surface area contributed by atoms with Gasteiger partial charge in [0.15, 0.2) is 0 Å². The summed E-state index contributed by atoms with van der Waals surface area (Å²) in [5, 5.41) is 15.4. The summed E-state index contributed by atoms with van der Waals surface area (Å²) in [5.41, 5.74) is 0.897. The summed E-state index contributed by atoms with van der Waals surface area (Å²) in [6.07, 6.45) is 1.79. The number of carbonyl (C=O) groups excluding carboxylic acids is 4. The van der Waals surface area contributed by atoms with E-state index in [2.05, 4.69) is 21.4 Å². The number of carbonyl (C=O) groups is 4. The minimum Gasteiger partial charge on any atom is -0.468 e. The normalized spacial score (nSPS) is 17.8. The molecule has 0 aliphatic carbocycles. The Hall–Kier alpha value is -3.32. The number of thioether (sulfide) groups is 1. The van der Waals surface area contributed by atoms with Crippen molar-refractivity contribution < 1.29 is 28.7 Å². The van der Waals surface area contributed by atoms with Gasteiger partial charge in [0.2, 0.25) is 11.8 Å². The number of ether oxygens (including phenoxy) is 2. The average molecular weight is 460 g/mol. The van der Waals surface area contributed by atoms with Crippen LogP contribution in [0.2, 0.25) is 0 Å². The van der Waals surface area contributed by atoms with Crippen LogP contribution in [0.3, 0.4) is 0 Å². The van der Waals surface area contributed by atoms with Crippen LogP contribution >= 0.6 is 11.8 Å². The second kappa shape index (κ2) is 11.9. The molecule has 2 N–H and O–H groups in total. The molecular formula is C22H25N3O6S. The molecule has 2 atom stereocenters. The van der Waals surface area contributed by atoms with Gasteiger partial charge >= 0.3 is 11.9 Å². The molecule has 0 aromatic heterocycles. The first kappa shape index (κ1) is 24.9. The van der Waals surface area contributed by atoms with E-state index in [9.17, 15) is 24.4 Å². The molecule has 1 heterocycles. The molecule has 32 heavy (non-hydrogen) atoms. The van der Waals surface area contributed by atoms with Crippen LogP contribution < -0.4 is 10.6 Å². The summed E-state index contributed by atoms with van der Waals surface area (Å²) >= 11 is 1.02. The average Bonchev–Trinajstić information content (AvgIpc) is 2.81. The maximum absolute atomic E-state index is 12.8. The van der Waals surface area contributed by atoms with E-state index >= 15 is 0 Å². The molecule has 0 unspecified atom stereocenters. The van der Waals surface area contributed by atoms with Crippen molar-refractivity contribution in [2.24, 2.45) is 5.92 Å². The summed E-state index contributed by atoms with van der Waals surface area (Å²) in [5.74, 6) is -4.41. The van der Waals surface area contributed by atoms with Crippen LogP contribution in [0.4, 0.5) is 0 Å². The van der Waals surface area contributed by atoms with Crippen LogP contribution in [0.5, 0.6) is 0 Å². The molecule has 170 valence electrons. The highest BCUT2D eigenvalue weighted by molar-refractivity contribution is 8.03. The first-order chi connectivity index (χ1) is 15.4. The number of amides is 2. The van der Waals surface area contributed by atoms with E-state index in [1.165, 1.54) is 19.2 Å². The Kier molecular flexibility index (Phi) is 9.28. The first-order valence-electron chi connectivity index (χ1n) is 9.98. The quantitative estimate of drug-likeness (QED) is 0.325. The zero-order valence-corrected chi connectivity index (χ0v) is 18.9. The molecule has 0 fully saturated rings. The van der Waals surface area contributed by atoms with Gasteiger partial charge in [-0.3, -0.25) is 14.4 Å². The zero-order chi connectivity index (χ0) is 23.7. The number of methoxy groups -OCH3 is 2. The Morgan fingerprint density at radius 2 is 1.88 bits per heavy atom. The van der Waals surface area contributed by atoms with Gasteiger partial charge in [0.1, 0.15) is 5.92 Å². The van der Waals surface area contributed by atoms with Crippen molar-refractivity contribution >= 4 is 35.5 Å². The Balaban J connectivity index is 2.39. The predicted octanol–water partition coefficient (Wildman–Crippen LogP) is 1.86. The predicted molar refractivity (Wildman–Crippen MR) is 117 cm³/mol. The molecule has 0 spiro atoms. The second-order valence-corrected chi connectivity index (χ2v) is 7.91. The van der Waals surface area contributed by atoms with Crippen LogP contribution in [0, 0.1) is 17.2 Å². The van der Waals surface area contributed by atoms with Gasteiger partial charge < -0.3 is 20.1 Å². The van der Waals surface area contributed by atoms with E-state index in [1.54, 1.807) is 12.1 Å². The molecule has 10 heteroatoms. The fourth-order valence-corrected chi connectivity index (χ4v) is 4.10. The fourth-order valence-electron chi connectivity index (χ4n) is 3.22. The third-order valence-corrected chi connectivity index (χ3v) is 5.89. The lowest BCUT2D eigenvalue weighted by molar-refractivity contribution is -0.150. The number of benzene rings is 1. The molecular weight excluding hydrogens is 434 g/mol. The number of unbranched alkanes of at least 4 members (excludes halogenated alkanes) is 1. The standard InChI is InChI=1S/C22H25N3O6S/c1-4-5-10-24-16(26)12-32-20-15(11-23)17(18(19(27)25-20)22(29)31-3)13-6-8-14(9-7-13)21(28)30-2/h6-9,17-18H,4-5,10,12H2,1-3H3,(H,24,26)(H,25,27)/t17-,18+/m0/s1. The van der Waals surface area contributed by atoms with Crippen molar-refractivity contribution in [2.75, 3.05) is 26.5 Å². The van der Waals surface area contributed by atoms with Gasteiger partial charge in [0, 0.05) is 12.5 Å². The zero-order valence-electron chi connectivity index (χ0n) is 18.1.